The molecule has 0 aromatic heterocycles. The van der Waals surface area contributed by atoms with Crippen molar-refractivity contribution in [1.29, 1.82) is 0 Å². The van der Waals surface area contributed by atoms with Crippen molar-refractivity contribution in [3.05, 3.63) is 63.9 Å². The van der Waals surface area contributed by atoms with Crippen LogP contribution in [0.3, 0.4) is 0 Å². The summed E-state index contributed by atoms with van der Waals surface area (Å²) in [5, 5.41) is 15.8. The summed E-state index contributed by atoms with van der Waals surface area (Å²) in [5.74, 6) is -0.282. The highest BCUT2D eigenvalue weighted by Gasteiger charge is 2.45. The van der Waals surface area contributed by atoms with Crippen LogP contribution in [0.2, 0.25) is 0 Å². The first kappa shape index (κ1) is 21.0. The largest absolute Gasteiger partial charge is 0.505 e. The Bertz CT molecular complexity index is 796. The summed E-state index contributed by atoms with van der Waals surface area (Å²) in [6, 6.07) is 12.7. The number of aromatic hydroxyl groups is 1. The quantitative estimate of drug-likeness (QED) is 0.305. The predicted molar refractivity (Wildman–Crippen MR) is 117 cm³/mol. The van der Waals surface area contributed by atoms with Crippen molar-refractivity contribution < 1.29 is 9.50 Å². The van der Waals surface area contributed by atoms with Crippen LogP contribution in [0.1, 0.15) is 24.0 Å². The van der Waals surface area contributed by atoms with Crippen LogP contribution in [0.5, 0.6) is 5.75 Å². The molecule has 1 saturated carbocycles. The van der Waals surface area contributed by atoms with Crippen LogP contribution in [0.15, 0.2) is 51.9 Å². The van der Waals surface area contributed by atoms with Crippen molar-refractivity contribution in [3.63, 3.8) is 0 Å². The highest BCUT2D eigenvalue weighted by molar-refractivity contribution is 14.0. The topological polar surface area (TPSA) is 56.7 Å². The average Bonchev–Trinajstić information content (AvgIpc) is 3.39. The molecule has 0 heterocycles. The first-order valence-corrected chi connectivity index (χ1v) is 9.00. The molecule has 0 atom stereocenters. The number of hydrogen-bond donors (Lipinski definition) is 3. The molecule has 0 unspecified atom stereocenters. The number of halogens is 3. The van der Waals surface area contributed by atoms with Crippen LogP contribution in [-0.4, -0.2) is 24.7 Å². The standard InChI is InChI=1S/C19H21BrFN3O.HI/c1-22-18(23-11-13-6-7-17(25)16(21)10-13)24-12-19(8-9-19)14-4-2-3-5-15(14)20;/h2-7,10,25H,8-9,11-12H2,1H3,(H2,22,23,24);1H. The van der Waals surface area contributed by atoms with Gasteiger partial charge in [-0.05, 0) is 42.2 Å². The van der Waals surface area contributed by atoms with E-state index in [0.717, 1.165) is 29.4 Å². The molecular formula is C19H22BrFIN3O. The number of hydrogen-bond acceptors (Lipinski definition) is 2. The van der Waals surface area contributed by atoms with E-state index >= 15 is 0 Å². The van der Waals surface area contributed by atoms with Crippen molar-refractivity contribution >= 4 is 45.9 Å². The highest BCUT2D eigenvalue weighted by atomic mass is 127. The second kappa shape index (κ2) is 9.03. The first-order chi connectivity index (χ1) is 12.0. The summed E-state index contributed by atoms with van der Waals surface area (Å²) in [5.41, 5.74) is 2.20. The first-order valence-electron chi connectivity index (χ1n) is 8.21. The van der Waals surface area contributed by atoms with E-state index in [1.165, 1.54) is 17.7 Å². The fourth-order valence-corrected chi connectivity index (χ4v) is 3.61. The summed E-state index contributed by atoms with van der Waals surface area (Å²) in [6.07, 6.45) is 2.28. The number of aliphatic imine (C=N–C) groups is 1. The van der Waals surface area contributed by atoms with Gasteiger partial charge in [0.2, 0.25) is 0 Å². The third-order valence-electron chi connectivity index (χ3n) is 4.59. The highest BCUT2D eigenvalue weighted by Crippen LogP contribution is 2.49. The average molecular weight is 534 g/mol. The smallest absolute Gasteiger partial charge is 0.191 e. The Hall–Kier alpha value is -1.35. The molecule has 3 rings (SSSR count). The van der Waals surface area contributed by atoms with Gasteiger partial charge in [0.1, 0.15) is 0 Å². The molecule has 0 aliphatic heterocycles. The van der Waals surface area contributed by atoms with E-state index in [1.807, 2.05) is 6.07 Å². The predicted octanol–water partition coefficient (Wildman–Crippen LogP) is 4.31. The maximum Gasteiger partial charge on any atom is 0.191 e. The number of rotatable bonds is 5. The van der Waals surface area contributed by atoms with E-state index < -0.39 is 5.82 Å². The van der Waals surface area contributed by atoms with Crippen molar-refractivity contribution in [2.45, 2.75) is 24.8 Å². The number of nitrogens with zero attached hydrogens (tertiary/aromatic N) is 1. The third kappa shape index (κ3) is 4.88. The molecule has 4 nitrogen and oxygen atoms in total. The van der Waals surface area contributed by atoms with Gasteiger partial charge in [-0.25, -0.2) is 4.39 Å². The van der Waals surface area contributed by atoms with Crippen LogP contribution < -0.4 is 10.6 Å². The molecule has 2 aromatic rings. The zero-order valence-corrected chi connectivity index (χ0v) is 18.3. The van der Waals surface area contributed by atoms with Gasteiger partial charge >= 0.3 is 0 Å². The van der Waals surface area contributed by atoms with Crippen LogP contribution in [0, 0.1) is 5.82 Å². The van der Waals surface area contributed by atoms with Gasteiger partial charge in [-0.15, -0.1) is 24.0 Å². The van der Waals surface area contributed by atoms with Crippen LogP contribution in [0.4, 0.5) is 4.39 Å². The second-order valence-corrected chi connectivity index (χ2v) is 7.18. The van der Waals surface area contributed by atoms with E-state index in [9.17, 15) is 9.50 Å². The van der Waals surface area contributed by atoms with Gasteiger partial charge in [0.25, 0.3) is 0 Å². The van der Waals surface area contributed by atoms with Crippen molar-refractivity contribution in [3.8, 4) is 5.75 Å². The number of nitrogens with one attached hydrogen (secondary N) is 2. The lowest BCUT2D eigenvalue weighted by atomic mass is 9.96. The van der Waals surface area contributed by atoms with Gasteiger partial charge in [-0.1, -0.05) is 40.2 Å². The minimum Gasteiger partial charge on any atom is -0.505 e. The maximum absolute atomic E-state index is 13.4. The molecule has 2 aromatic carbocycles. The molecule has 1 aliphatic carbocycles. The Kier molecular flexibility index (Phi) is 7.28. The zero-order chi connectivity index (χ0) is 17.9. The van der Waals surface area contributed by atoms with Crippen molar-refractivity contribution in [1.82, 2.24) is 10.6 Å². The molecule has 140 valence electrons. The van der Waals surface area contributed by atoms with E-state index in [-0.39, 0.29) is 35.1 Å². The zero-order valence-electron chi connectivity index (χ0n) is 14.4. The number of guanidine groups is 1. The molecule has 0 amide bonds. The minimum absolute atomic E-state index is 0. The fraction of sp³-hybridized carbons (Fsp3) is 0.316. The number of benzene rings is 2. The summed E-state index contributed by atoms with van der Waals surface area (Å²) >= 11 is 3.64. The summed E-state index contributed by atoms with van der Waals surface area (Å²) in [7, 11) is 1.71. The van der Waals surface area contributed by atoms with Gasteiger partial charge in [0.15, 0.2) is 17.5 Å². The van der Waals surface area contributed by atoms with Crippen LogP contribution in [-0.2, 0) is 12.0 Å². The van der Waals surface area contributed by atoms with Gasteiger partial charge in [0.05, 0.1) is 0 Å². The van der Waals surface area contributed by atoms with Gasteiger partial charge < -0.3 is 15.7 Å². The minimum atomic E-state index is -0.617. The molecule has 0 spiro atoms. The molecule has 0 radical (unpaired) electrons. The SMILES string of the molecule is CN=C(NCc1ccc(O)c(F)c1)NCC1(c2ccccc2Br)CC1.I. The Balaban J connectivity index is 0.00000243. The van der Waals surface area contributed by atoms with Crippen molar-refractivity contribution in [2.24, 2.45) is 4.99 Å². The lowest BCUT2D eigenvalue weighted by Gasteiger charge is -2.20. The molecule has 3 N–H and O–H groups in total. The molecule has 7 heteroatoms. The van der Waals surface area contributed by atoms with Gasteiger partial charge in [0, 0.05) is 30.0 Å². The molecule has 1 fully saturated rings. The second-order valence-electron chi connectivity index (χ2n) is 6.33. The molecule has 0 saturated heterocycles. The Labute approximate surface area is 178 Å². The maximum atomic E-state index is 13.4. The van der Waals surface area contributed by atoms with Crippen LogP contribution >= 0.6 is 39.9 Å². The lowest BCUT2D eigenvalue weighted by molar-refractivity contribution is 0.431. The normalized spacial score (nSPS) is 15.1. The Morgan fingerprint density at radius 1 is 1.23 bits per heavy atom. The number of phenolic OH excluding ortho intramolecular Hbond substituents is 1. The summed E-state index contributed by atoms with van der Waals surface area (Å²) in [4.78, 5) is 4.23. The third-order valence-corrected chi connectivity index (χ3v) is 5.28. The van der Waals surface area contributed by atoms with Crippen molar-refractivity contribution in [2.75, 3.05) is 13.6 Å². The molecule has 26 heavy (non-hydrogen) atoms. The van der Waals surface area contributed by atoms with E-state index in [4.69, 9.17) is 0 Å². The monoisotopic (exact) mass is 533 g/mol. The van der Waals surface area contributed by atoms with E-state index in [2.05, 4.69) is 49.8 Å². The Morgan fingerprint density at radius 2 is 1.96 bits per heavy atom. The molecule has 0 bridgehead atoms. The van der Waals surface area contributed by atoms with Gasteiger partial charge in [-0.3, -0.25) is 4.99 Å². The Morgan fingerprint density at radius 3 is 2.58 bits per heavy atom. The summed E-state index contributed by atoms with van der Waals surface area (Å²) < 4.78 is 14.5. The van der Waals surface area contributed by atoms with Crippen LogP contribution in [0.25, 0.3) is 0 Å². The van der Waals surface area contributed by atoms with E-state index in [1.54, 1.807) is 13.1 Å². The lowest BCUT2D eigenvalue weighted by Crippen LogP contribution is -2.41. The van der Waals surface area contributed by atoms with E-state index in [0.29, 0.717) is 12.5 Å². The number of phenols is 1. The summed E-state index contributed by atoms with van der Waals surface area (Å²) in [6.45, 7) is 1.22. The molecule has 1 aliphatic rings. The fourth-order valence-electron chi connectivity index (χ4n) is 2.90. The molecular weight excluding hydrogens is 512 g/mol. The van der Waals surface area contributed by atoms with Gasteiger partial charge in [-0.2, -0.15) is 0 Å².